The summed E-state index contributed by atoms with van der Waals surface area (Å²) in [6, 6.07) is 19.9. The summed E-state index contributed by atoms with van der Waals surface area (Å²) in [4.78, 5) is 2.46. The van der Waals surface area contributed by atoms with Gasteiger partial charge < -0.3 is 10.1 Å². The zero-order valence-corrected chi connectivity index (χ0v) is 14.2. The summed E-state index contributed by atoms with van der Waals surface area (Å²) in [5.41, 5.74) is 4.43. The van der Waals surface area contributed by atoms with Gasteiger partial charge in [0.15, 0.2) is 0 Å². The van der Waals surface area contributed by atoms with Gasteiger partial charge in [-0.1, -0.05) is 42.5 Å². The average molecular weight is 322 g/mol. The average Bonchev–Trinajstić information content (AvgIpc) is 3.44. The van der Waals surface area contributed by atoms with E-state index in [4.69, 9.17) is 4.74 Å². The van der Waals surface area contributed by atoms with Crippen LogP contribution in [-0.4, -0.2) is 37.7 Å². The number of ether oxygens (including phenoxy) is 1. The van der Waals surface area contributed by atoms with Gasteiger partial charge in [0.1, 0.15) is 0 Å². The Kier molecular flexibility index (Phi) is 4.54. The Bertz CT molecular complexity index is 643. The Morgan fingerprint density at radius 2 is 1.62 bits per heavy atom. The fourth-order valence-electron chi connectivity index (χ4n) is 3.53. The number of hydrogen-bond donors (Lipinski definition) is 1. The van der Waals surface area contributed by atoms with Gasteiger partial charge in [0.2, 0.25) is 0 Å². The zero-order valence-electron chi connectivity index (χ0n) is 14.2. The molecule has 3 heteroatoms. The molecule has 0 radical (unpaired) electrons. The second-order valence-electron chi connectivity index (χ2n) is 7.09. The van der Waals surface area contributed by atoms with Crippen LogP contribution in [0.2, 0.25) is 0 Å². The summed E-state index contributed by atoms with van der Waals surface area (Å²) in [5, 5.41) is 3.64. The van der Waals surface area contributed by atoms with E-state index in [0.717, 1.165) is 39.4 Å². The number of nitrogens with one attached hydrogen (secondary N) is 1. The molecule has 0 unspecified atom stereocenters. The van der Waals surface area contributed by atoms with Crippen LogP contribution in [0.3, 0.4) is 0 Å². The molecule has 1 aliphatic carbocycles. The monoisotopic (exact) mass is 322 g/mol. The van der Waals surface area contributed by atoms with E-state index in [1.807, 2.05) is 0 Å². The van der Waals surface area contributed by atoms with E-state index in [1.165, 1.54) is 29.7 Å². The first kappa shape index (κ1) is 15.7. The van der Waals surface area contributed by atoms with Crippen LogP contribution >= 0.6 is 0 Å². The highest BCUT2D eigenvalue weighted by atomic mass is 16.5. The number of benzene rings is 2. The number of rotatable bonds is 6. The molecule has 2 aliphatic rings. The Balaban J connectivity index is 1.32. The highest BCUT2D eigenvalue weighted by Gasteiger charge is 2.43. The van der Waals surface area contributed by atoms with E-state index < -0.39 is 0 Å². The first-order chi connectivity index (χ1) is 11.8. The molecule has 24 heavy (non-hydrogen) atoms. The summed E-state index contributed by atoms with van der Waals surface area (Å²) in [5.74, 6) is 0. The molecule has 0 spiro atoms. The number of morpholine rings is 1. The smallest absolute Gasteiger partial charge is 0.0594 e. The number of anilines is 1. The van der Waals surface area contributed by atoms with Gasteiger partial charge in [-0.2, -0.15) is 0 Å². The first-order valence-corrected chi connectivity index (χ1v) is 9.03. The molecule has 2 aromatic rings. The van der Waals surface area contributed by atoms with Gasteiger partial charge in [0, 0.05) is 37.3 Å². The summed E-state index contributed by atoms with van der Waals surface area (Å²) >= 11 is 0. The number of nitrogens with zero attached hydrogens (tertiary/aromatic N) is 1. The Morgan fingerprint density at radius 1 is 0.917 bits per heavy atom. The highest BCUT2D eigenvalue weighted by molar-refractivity contribution is 5.46. The molecule has 3 nitrogen and oxygen atoms in total. The molecule has 0 bridgehead atoms. The molecule has 0 atom stereocenters. The van der Waals surface area contributed by atoms with Gasteiger partial charge in [-0.05, 0) is 36.1 Å². The van der Waals surface area contributed by atoms with E-state index in [0.29, 0.717) is 5.41 Å². The molecule has 1 saturated carbocycles. The SMILES string of the molecule is c1ccc(C2(CNc3ccc(CN4CCOCC4)cc3)CC2)cc1. The minimum Gasteiger partial charge on any atom is -0.384 e. The van der Waals surface area contributed by atoms with Crippen molar-refractivity contribution in [1.29, 1.82) is 0 Å². The van der Waals surface area contributed by atoms with E-state index in [2.05, 4.69) is 64.8 Å². The fourth-order valence-corrected chi connectivity index (χ4v) is 3.53. The van der Waals surface area contributed by atoms with Crippen molar-refractivity contribution in [2.45, 2.75) is 24.8 Å². The maximum atomic E-state index is 5.41. The molecule has 1 aliphatic heterocycles. The van der Waals surface area contributed by atoms with Crippen LogP contribution in [0.25, 0.3) is 0 Å². The summed E-state index contributed by atoms with van der Waals surface area (Å²) < 4.78 is 5.41. The zero-order chi connectivity index (χ0) is 16.2. The van der Waals surface area contributed by atoms with Crippen LogP contribution in [0.5, 0.6) is 0 Å². The van der Waals surface area contributed by atoms with Gasteiger partial charge in [-0.25, -0.2) is 0 Å². The molecular weight excluding hydrogens is 296 g/mol. The van der Waals surface area contributed by atoms with E-state index >= 15 is 0 Å². The topological polar surface area (TPSA) is 24.5 Å². The van der Waals surface area contributed by atoms with Crippen molar-refractivity contribution in [2.75, 3.05) is 38.2 Å². The second kappa shape index (κ2) is 6.96. The van der Waals surface area contributed by atoms with Gasteiger partial charge in [-0.3, -0.25) is 4.90 Å². The van der Waals surface area contributed by atoms with Crippen LogP contribution < -0.4 is 5.32 Å². The number of hydrogen-bond acceptors (Lipinski definition) is 3. The van der Waals surface area contributed by atoms with Gasteiger partial charge >= 0.3 is 0 Å². The van der Waals surface area contributed by atoms with Crippen LogP contribution in [0.15, 0.2) is 54.6 Å². The van der Waals surface area contributed by atoms with Gasteiger partial charge in [-0.15, -0.1) is 0 Å². The van der Waals surface area contributed by atoms with E-state index in [9.17, 15) is 0 Å². The van der Waals surface area contributed by atoms with Crippen molar-refractivity contribution in [3.8, 4) is 0 Å². The molecule has 0 amide bonds. The lowest BCUT2D eigenvalue weighted by atomic mass is 9.96. The van der Waals surface area contributed by atoms with E-state index in [1.54, 1.807) is 0 Å². The van der Waals surface area contributed by atoms with Crippen molar-refractivity contribution in [3.05, 3.63) is 65.7 Å². The van der Waals surface area contributed by atoms with E-state index in [-0.39, 0.29) is 0 Å². The van der Waals surface area contributed by atoms with Crippen LogP contribution in [-0.2, 0) is 16.7 Å². The normalized spacial score (nSPS) is 19.8. The Hall–Kier alpha value is -1.84. The second-order valence-corrected chi connectivity index (χ2v) is 7.09. The van der Waals surface area contributed by atoms with Crippen LogP contribution in [0, 0.1) is 0 Å². The molecule has 0 aromatic heterocycles. The molecule has 4 rings (SSSR count). The first-order valence-electron chi connectivity index (χ1n) is 9.03. The summed E-state index contributed by atoms with van der Waals surface area (Å²) in [6.07, 6.45) is 2.58. The molecule has 1 heterocycles. The summed E-state index contributed by atoms with van der Waals surface area (Å²) in [6.45, 7) is 5.86. The largest absolute Gasteiger partial charge is 0.384 e. The van der Waals surface area contributed by atoms with Crippen LogP contribution in [0.4, 0.5) is 5.69 Å². The fraction of sp³-hybridized carbons (Fsp3) is 0.429. The third kappa shape index (κ3) is 3.63. The predicted octanol–water partition coefficient (Wildman–Crippen LogP) is 3.66. The van der Waals surface area contributed by atoms with Crippen molar-refractivity contribution < 1.29 is 4.74 Å². The molecular formula is C21H26N2O. The molecule has 126 valence electrons. The van der Waals surface area contributed by atoms with Crippen molar-refractivity contribution in [1.82, 2.24) is 4.90 Å². The van der Waals surface area contributed by atoms with Gasteiger partial charge in [0.05, 0.1) is 13.2 Å². The third-order valence-electron chi connectivity index (χ3n) is 5.33. The molecule has 1 saturated heterocycles. The van der Waals surface area contributed by atoms with Crippen molar-refractivity contribution in [2.24, 2.45) is 0 Å². The lowest BCUT2D eigenvalue weighted by Gasteiger charge is -2.26. The third-order valence-corrected chi connectivity index (χ3v) is 5.33. The van der Waals surface area contributed by atoms with Gasteiger partial charge in [0.25, 0.3) is 0 Å². The predicted molar refractivity (Wildman–Crippen MR) is 98.4 cm³/mol. The lowest BCUT2D eigenvalue weighted by Crippen LogP contribution is -2.35. The standard InChI is InChI=1S/C21H26N2O/c1-2-4-19(5-3-1)21(10-11-21)17-22-20-8-6-18(7-9-20)16-23-12-14-24-15-13-23/h1-9,22H,10-17H2. The maximum absolute atomic E-state index is 5.41. The molecule has 2 fully saturated rings. The minimum atomic E-state index is 0.355. The van der Waals surface area contributed by atoms with Crippen molar-refractivity contribution in [3.63, 3.8) is 0 Å². The minimum absolute atomic E-state index is 0.355. The molecule has 1 N–H and O–H groups in total. The maximum Gasteiger partial charge on any atom is 0.0594 e. The summed E-state index contributed by atoms with van der Waals surface area (Å²) in [7, 11) is 0. The van der Waals surface area contributed by atoms with Crippen LogP contribution in [0.1, 0.15) is 24.0 Å². The lowest BCUT2D eigenvalue weighted by molar-refractivity contribution is 0.0342. The quantitative estimate of drug-likeness (QED) is 0.878. The Labute approximate surface area is 144 Å². The van der Waals surface area contributed by atoms with Crippen molar-refractivity contribution >= 4 is 5.69 Å². The molecule has 2 aromatic carbocycles. The Morgan fingerprint density at radius 3 is 2.29 bits per heavy atom. The highest BCUT2D eigenvalue weighted by Crippen LogP contribution is 2.48.